The monoisotopic (exact) mass is 391 g/mol. The Bertz CT molecular complexity index is 986. The summed E-state index contributed by atoms with van der Waals surface area (Å²) in [5.74, 6) is -0.800. The highest BCUT2D eigenvalue weighted by Crippen LogP contribution is 2.25. The summed E-state index contributed by atoms with van der Waals surface area (Å²) in [6.45, 7) is 2.44. The van der Waals surface area contributed by atoms with Gasteiger partial charge in [-0.15, -0.1) is 5.10 Å². The quantitative estimate of drug-likeness (QED) is 0.698. The maximum atomic E-state index is 12.2. The van der Waals surface area contributed by atoms with E-state index in [9.17, 15) is 9.59 Å². The smallest absolute Gasteiger partial charge is 0.251 e. The Hall–Kier alpha value is -2.64. The van der Waals surface area contributed by atoms with Crippen molar-refractivity contribution in [1.29, 1.82) is 0 Å². The molecule has 0 bridgehead atoms. The number of carbonyl (C=O) groups is 2. The van der Waals surface area contributed by atoms with E-state index in [1.165, 1.54) is 6.07 Å². The average molecular weight is 392 g/mol. The van der Waals surface area contributed by atoms with Gasteiger partial charge in [0.1, 0.15) is 5.52 Å². The molecule has 0 saturated heterocycles. The lowest BCUT2D eigenvalue weighted by atomic mass is 10.2. The lowest BCUT2D eigenvalue weighted by Crippen LogP contribution is -2.32. The van der Waals surface area contributed by atoms with Crippen LogP contribution in [-0.4, -0.2) is 33.4 Å². The fraction of sp³-hybridized carbons (Fsp3) is 0.176. The second-order valence-electron chi connectivity index (χ2n) is 5.46. The first-order valence-electron chi connectivity index (χ1n) is 7.84. The zero-order valence-corrected chi connectivity index (χ0v) is 15.3. The number of aromatic nitrogens is 3. The number of nitrogens with one attached hydrogen (secondary N) is 2. The van der Waals surface area contributed by atoms with Crippen LogP contribution < -0.4 is 10.6 Å². The number of aryl methyl sites for hydroxylation is 1. The Morgan fingerprint density at radius 2 is 1.96 bits per heavy atom. The Labute approximate surface area is 159 Å². The molecule has 0 aliphatic heterocycles. The SMILES string of the molecule is CCn1nnc2cc(C(=O)NCC(=O)Nc3cc(Cl)ccc3Cl)ccc21. The number of halogens is 2. The fourth-order valence-electron chi connectivity index (χ4n) is 2.40. The first kappa shape index (κ1) is 18.2. The Morgan fingerprint density at radius 1 is 1.15 bits per heavy atom. The van der Waals surface area contributed by atoms with Crippen LogP contribution in [0.1, 0.15) is 17.3 Å². The van der Waals surface area contributed by atoms with Crippen molar-refractivity contribution < 1.29 is 9.59 Å². The lowest BCUT2D eigenvalue weighted by Gasteiger charge is -2.09. The lowest BCUT2D eigenvalue weighted by molar-refractivity contribution is -0.115. The molecular weight excluding hydrogens is 377 g/mol. The first-order valence-corrected chi connectivity index (χ1v) is 8.60. The van der Waals surface area contributed by atoms with E-state index in [0.29, 0.717) is 33.4 Å². The van der Waals surface area contributed by atoms with E-state index in [1.807, 2.05) is 6.92 Å². The molecule has 0 spiro atoms. The third kappa shape index (κ3) is 3.95. The number of carbonyl (C=O) groups excluding carboxylic acids is 2. The maximum absolute atomic E-state index is 12.2. The standard InChI is InChI=1S/C17H15Cl2N5O2/c1-2-24-15-6-3-10(7-14(15)22-23-24)17(26)20-9-16(25)21-13-8-11(18)4-5-12(13)19/h3-8H,2,9H2,1H3,(H,20,26)(H,21,25). The van der Waals surface area contributed by atoms with Crippen LogP contribution in [0.4, 0.5) is 5.69 Å². The van der Waals surface area contributed by atoms with Gasteiger partial charge < -0.3 is 10.6 Å². The van der Waals surface area contributed by atoms with E-state index in [2.05, 4.69) is 20.9 Å². The van der Waals surface area contributed by atoms with Crippen LogP contribution in [0, 0.1) is 0 Å². The summed E-state index contributed by atoms with van der Waals surface area (Å²) in [5.41, 5.74) is 2.25. The van der Waals surface area contributed by atoms with Crippen LogP contribution in [0.25, 0.3) is 11.0 Å². The summed E-state index contributed by atoms with van der Waals surface area (Å²) in [5, 5.41) is 14.0. The molecule has 0 aliphatic rings. The molecule has 0 radical (unpaired) electrons. The molecule has 0 aliphatic carbocycles. The van der Waals surface area contributed by atoms with Gasteiger partial charge in [-0.3, -0.25) is 9.59 Å². The molecule has 3 aromatic rings. The third-order valence-corrected chi connectivity index (χ3v) is 4.25. The van der Waals surface area contributed by atoms with Gasteiger partial charge in [-0.2, -0.15) is 0 Å². The van der Waals surface area contributed by atoms with Crippen molar-refractivity contribution in [1.82, 2.24) is 20.3 Å². The van der Waals surface area contributed by atoms with E-state index in [4.69, 9.17) is 23.2 Å². The normalized spacial score (nSPS) is 10.7. The van der Waals surface area contributed by atoms with Crippen LogP contribution in [0.2, 0.25) is 10.0 Å². The molecule has 134 valence electrons. The van der Waals surface area contributed by atoms with E-state index in [0.717, 1.165) is 5.52 Å². The molecule has 9 heteroatoms. The van der Waals surface area contributed by atoms with Crippen LogP contribution in [0.15, 0.2) is 36.4 Å². The van der Waals surface area contributed by atoms with Crippen LogP contribution in [0.5, 0.6) is 0 Å². The first-order chi connectivity index (χ1) is 12.5. The van der Waals surface area contributed by atoms with Crippen LogP contribution >= 0.6 is 23.2 Å². The minimum absolute atomic E-state index is 0.207. The molecule has 2 aromatic carbocycles. The zero-order valence-electron chi connectivity index (χ0n) is 13.8. The van der Waals surface area contributed by atoms with Crippen molar-refractivity contribution in [3.05, 3.63) is 52.0 Å². The predicted octanol–water partition coefficient (Wildman–Crippen LogP) is 3.13. The van der Waals surface area contributed by atoms with Crippen LogP contribution in [0.3, 0.4) is 0 Å². The molecule has 26 heavy (non-hydrogen) atoms. The molecule has 0 atom stereocenters. The van der Waals surface area contributed by atoms with Gasteiger partial charge in [0.25, 0.3) is 5.91 Å². The van der Waals surface area contributed by atoms with Crippen molar-refractivity contribution in [2.24, 2.45) is 0 Å². The summed E-state index contributed by atoms with van der Waals surface area (Å²) in [6, 6.07) is 9.81. The second-order valence-corrected chi connectivity index (χ2v) is 6.31. The van der Waals surface area contributed by atoms with E-state index >= 15 is 0 Å². The molecule has 3 rings (SSSR count). The minimum atomic E-state index is -0.416. The number of nitrogens with zero attached hydrogens (tertiary/aromatic N) is 3. The molecule has 0 unspecified atom stereocenters. The van der Waals surface area contributed by atoms with Crippen molar-refractivity contribution >= 4 is 51.7 Å². The molecule has 7 nitrogen and oxygen atoms in total. The van der Waals surface area contributed by atoms with Gasteiger partial charge in [0, 0.05) is 17.1 Å². The highest BCUT2D eigenvalue weighted by atomic mass is 35.5. The predicted molar refractivity (Wildman–Crippen MR) is 101 cm³/mol. The number of amides is 2. The Morgan fingerprint density at radius 3 is 2.73 bits per heavy atom. The van der Waals surface area contributed by atoms with Crippen molar-refractivity contribution in [2.45, 2.75) is 13.5 Å². The molecule has 0 fully saturated rings. The zero-order chi connectivity index (χ0) is 18.7. The van der Waals surface area contributed by atoms with E-state index in [1.54, 1.807) is 35.0 Å². The van der Waals surface area contributed by atoms with E-state index in [-0.39, 0.29) is 12.5 Å². The Balaban J connectivity index is 1.63. The number of hydrogen-bond acceptors (Lipinski definition) is 4. The molecular formula is C17H15Cl2N5O2. The van der Waals surface area contributed by atoms with E-state index < -0.39 is 5.91 Å². The van der Waals surface area contributed by atoms with Crippen LogP contribution in [-0.2, 0) is 11.3 Å². The van der Waals surface area contributed by atoms with Crippen molar-refractivity contribution in [2.75, 3.05) is 11.9 Å². The van der Waals surface area contributed by atoms with Gasteiger partial charge in [0.2, 0.25) is 5.91 Å². The molecule has 2 N–H and O–H groups in total. The summed E-state index contributed by atoms with van der Waals surface area (Å²) >= 11 is 11.9. The molecule has 2 amide bonds. The topological polar surface area (TPSA) is 88.9 Å². The number of rotatable bonds is 5. The van der Waals surface area contributed by atoms with Gasteiger partial charge >= 0.3 is 0 Å². The molecule has 1 heterocycles. The van der Waals surface area contributed by atoms with Gasteiger partial charge in [-0.1, -0.05) is 28.4 Å². The summed E-state index contributed by atoms with van der Waals surface area (Å²) in [7, 11) is 0. The molecule has 0 saturated carbocycles. The highest BCUT2D eigenvalue weighted by molar-refractivity contribution is 6.35. The largest absolute Gasteiger partial charge is 0.343 e. The minimum Gasteiger partial charge on any atom is -0.343 e. The maximum Gasteiger partial charge on any atom is 0.251 e. The van der Waals surface area contributed by atoms with Gasteiger partial charge in [0.15, 0.2) is 0 Å². The highest BCUT2D eigenvalue weighted by Gasteiger charge is 2.12. The van der Waals surface area contributed by atoms with Gasteiger partial charge in [-0.25, -0.2) is 4.68 Å². The fourth-order valence-corrected chi connectivity index (χ4v) is 2.73. The van der Waals surface area contributed by atoms with Crippen molar-refractivity contribution in [3.63, 3.8) is 0 Å². The second kappa shape index (κ2) is 7.72. The summed E-state index contributed by atoms with van der Waals surface area (Å²) in [4.78, 5) is 24.3. The number of benzene rings is 2. The summed E-state index contributed by atoms with van der Waals surface area (Å²) < 4.78 is 1.74. The molecule has 1 aromatic heterocycles. The Kier molecular flexibility index (Phi) is 5.39. The summed E-state index contributed by atoms with van der Waals surface area (Å²) in [6.07, 6.45) is 0. The van der Waals surface area contributed by atoms with Gasteiger partial charge in [0.05, 0.1) is 22.8 Å². The van der Waals surface area contributed by atoms with Crippen molar-refractivity contribution in [3.8, 4) is 0 Å². The average Bonchev–Trinajstić information content (AvgIpc) is 3.05. The number of anilines is 1. The number of hydrogen-bond donors (Lipinski definition) is 2. The van der Waals surface area contributed by atoms with Gasteiger partial charge in [-0.05, 0) is 43.3 Å². The number of fused-ring (bicyclic) bond motifs is 1. The third-order valence-electron chi connectivity index (χ3n) is 3.69.